The molecule has 0 bridgehead atoms. The highest BCUT2D eigenvalue weighted by Gasteiger charge is 2.75. The molecule has 0 radical (unpaired) electrons. The van der Waals surface area contributed by atoms with Gasteiger partial charge < -0.3 is 4.90 Å². The number of likely N-dealkylation sites (N-methyl/N-ethyl adjacent to an activating group) is 1. The fourth-order valence-corrected chi connectivity index (χ4v) is 6.71. The topological polar surface area (TPSA) is 60.9 Å². The van der Waals surface area contributed by atoms with Crippen molar-refractivity contribution in [1.29, 1.82) is 0 Å². The van der Waals surface area contributed by atoms with Crippen LogP contribution in [0, 0.1) is 11.8 Å². The van der Waals surface area contributed by atoms with E-state index in [0.29, 0.717) is 23.8 Å². The van der Waals surface area contributed by atoms with Gasteiger partial charge >= 0.3 is 0 Å². The van der Waals surface area contributed by atoms with Gasteiger partial charge in [0, 0.05) is 28.9 Å². The van der Waals surface area contributed by atoms with Crippen molar-refractivity contribution in [1.82, 2.24) is 4.90 Å². The van der Waals surface area contributed by atoms with E-state index in [-0.39, 0.29) is 23.8 Å². The van der Waals surface area contributed by atoms with Crippen molar-refractivity contribution in [2.45, 2.75) is 31.3 Å². The SMILES string of the molecule is CCN1C(=O)[C@]2(c3ccccc31)[C@@H]1C(=O)N(c3cccc(Cl)c3)C(=O)[C@H]1[C@@H]1CCCN12. The molecule has 4 heterocycles. The Kier molecular flexibility index (Phi) is 3.93. The minimum Gasteiger partial charge on any atom is -0.310 e. The number of carbonyl (C=O) groups is 3. The molecule has 0 unspecified atom stereocenters. The molecule has 4 aliphatic rings. The highest BCUT2D eigenvalue weighted by atomic mass is 35.5. The second kappa shape index (κ2) is 6.40. The van der Waals surface area contributed by atoms with Crippen LogP contribution in [-0.4, -0.2) is 41.8 Å². The van der Waals surface area contributed by atoms with Gasteiger partial charge in [0.1, 0.15) is 5.54 Å². The number of amides is 3. The molecule has 4 atom stereocenters. The molecule has 3 fully saturated rings. The highest BCUT2D eigenvalue weighted by Crippen LogP contribution is 2.61. The molecule has 6 nitrogen and oxygen atoms in total. The minimum atomic E-state index is -1.11. The minimum absolute atomic E-state index is 0.0790. The number of anilines is 2. The van der Waals surface area contributed by atoms with E-state index in [9.17, 15) is 14.4 Å². The van der Waals surface area contributed by atoms with Crippen molar-refractivity contribution in [3.63, 3.8) is 0 Å². The summed E-state index contributed by atoms with van der Waals surface area (Å²) in [7, 11) is 0. The number of hydrogen-bond donors (Lipinski definition) is 0. The third kappa shape index (κ3) is 2.14. The number of para-hydroxylation sites is 1. The largest absolute Gasteiger partial charge is 0.310 e. The Morgan fingerprint density at radius 3 is 2.65 bits per heavy atom. The summed E-state index contributed by atoms with van der Waals surface area (Å²) < 4.78 is 0. The molecule has 2 aromatic rings. The lowest BCUT2D eigenvalue weighted by molar-refractivity contribution is -0.137. The van der Waals surface area contributed by atoms with Gasteiger partial charge in [0.05, 0.1) is 17.5 Å². The molecular weight excluding hydrogens is 414 g/mol. The molecule has 31 heavy (non-hydrogen) atoms. The van der Waals surface area contributed by atoms with Gasteiger partial charge in [-0.15, -0.1) is 0 Å². The van der Waals surface area contributed by atoms with Crippen LogP contribution in [0.15, 0.2) is 48.5 Å². The molecule has 1 spiro atoms. The molecule has 0 aromatic heterocycles. The van der Waals surface area contributed by atoms with E-state index < -0.39 is 17.4 Å². The predicted octanol–water partition coefficient (Wildman–Crippen LogP) is 3.19. The number of imide groups is 1. The Labute approximate surface area is 185 Å². The molecule has 158 valence electrons. The Morgan fingerprint density at radius 1 is 1.06 bits per heavy atom. The number of halogens is 1. The van der Waals surface area contributed by atoms with E-state index in [4.69, 9.17) is 11.6 Å². The van der Waals surface area contributed by atoms with E-state index in [1.165, 1.54) is 4.90 Å². The van der Waals surface area contributed by atoms with Crippen molar-refractivity contribution in [2.75, 3.05) is 22.9 Å². The Balaban J connectivity index is 1.58. The van der Waals surface area contributed by atoms with Crippen LogP contribution in [0.5, 0.6) is 0 Å². The van der Waals surface area contributed by atoms with Crippen molar-refractivity contribution in [3.05, 3.63) is 59.1 Å². The van der Waals surface area contributed by atoms with Gasteiger partial charge in [-0.1, -0.05) is 35.9 Å². The van der Waals surface area contributed by atoms with E-state index in [0.717, 1.165) is 24.1 Å². The third-order valence-corrected chi connectivity index (χ3v) is 7.76. The average Bonchev–Trinajstić information content (AvgIpc) is 3.45. The molecular formula is C24H22ClN3O3. The molecule has 3 saturated heterocycles. The Bertz CT molecular complexity index is 1150. The Morgan fingerprint density at radius 2 is 1.87 bits per heavy atom. The normalized spacial score (nSPS) is 31.7. The van der Waals surface area contributed by atoms with E-state index in [1.807, 2.05) is 31.2 Å². The second-order valence-corrected chi connectivity index (χ2v) is 9.17. The molecule has 7 heteroatoms. The maximum Gasteiger partial charge on any atom is 0.253 e. The lowest BCUT2D eigenvalue weighted by Gasteiger charge is -2.37. The molecule has 4 aliphatic heterocycles. The number of nitrogens with zero attached hydrogens (tertiary/aromatic N) is 3. The van der Waals surface area contributed by atoms with E-state index >= 15 is 0 Å². The van der Waals surface area contributed by atoms with Gasteiger partial charge in [0.15, 0.2) is 0 Å². The molecule has 0 N–H and O–H groups in total. The zero-order valence-corrected chi connectivity index (χ0v) is 17.9. The Hall–Kier alpha value is -2.70. The smallest absolute Gasteiger partial charge is 0.253 e. The number of hydrogen-bond acceptors (Lipinski definition) is 4. The standard InChI is InChI=1S/C24H22ClN3O3/c1-2-26-17-10-4-3-9-16(17)24(23(26)31)20-19(18-11-6-12-27(18)24)21(29)28(22(20)30)15-8-5-7-14(25)13-15/h3-5,7-10,13,18-20H,2,6,11-12H2,1H3/t18-,19-,20-,24-/m0/s1. The molecule has 0 saturated carbocycles. The van der Waals surface area contributed by atoms with Gasteiger partial charge in [-0.05, 0) is 50.6 Å². The first-order valence-corrected chi connectivity index (χ1v) is 11.2. The lowest BCUT2D eigenvalue weighted by atomic mass is 9.75. The van der Waals surface area contributed by atoms with Crippen LogP contribution in [0.1, 0.15) is 25.3 Å². The van der Waals surface area contributed by atoms with Crippen molar-refractivity contribution >= 4 is 40.7 Å². The molecule has 6 rings (SSSR count). The van der Waals surface area contributed by atoms with Crippen LogP contribution in [0.3, 0.4) is 0 Å². The number of fused-ring (bicyclic) bond motifs is 7. The number of rotatable bonds is 2. The number of benzene rings is 2. The van der Waals surface area contributed by atoms with Crippen molar-refractivity contribution in [2.24, 2.45) is 11.8 Å². The van der Waals surface area contributed by atoms with Gasteiger partial charge in [-0.25, -0.2) is 4.90 Å². The summed E-state index contributed by atoms with van der Waals surface area (Å²) >= 11 is 6.16. The zero-order chi connectivity index (χ0) is 21.5. The summed E-state index contributed by atoms with van der Waals surface area (Å²) in [5.74, 6) is -1.85. The number of carbonyl (C=O) groups excluding carboxylic acids is 3. The van der Waals surface area contributed by atoms with Crippen LogP contribution < -0.4 is 9.80 Å². The molecule has 3 amide bonds. The summed E-state index contributed by atoms with van der Waals surface area (Å²) in [6.07, 6.45) is 1.72. The maximum atomic E-state index is 14.0. The third-order valence-electron chi connectivity index (χ3n) is 7.53. The average molecular weight is 436 g/mol. The van der Waals surface area contributed by atoms with Crippen LogP contribution in [0.4, 0.5) is 11.4 Å². The van der Waals surface area contributed by atoms with Gasteiger partial charge in [-0.3, -0.25) is 19.3 Å². The van der Waals surface area contributed by atoms with Gasteiger partial charge in [0.25, 0.3) is 5.91 Å². The lowest BCUT2D eigenvalue weighted by Crippen LogP contribution is -2.56. The summed E-state index contributed by atoms with van der Waals surface area (Å²) in [5, 5.41) is 0.465. The first-order valence-electron chi connectivity index (χ1n) is 10.8. The van der Waals surface area contributed by atoms with Crippen LogP contribution >= 0.6 is 11.6 Å². The highest BCUT2D eigenvalue weighted by molar-refractivity contribution is 6.31. The fourth-order valence-electron chi connectivity index (χ4n) is 6.52. The summed E-state index contributed by atoms with van der Waals surface area (Å²) in [6, 6.07) is 14.4. The summed E-state index contributed by atoms with van der Waals surface area (Å²) in [6.45, 7) is 3.18. The monoisotopic (exact) mass is 435 g/mol. The summed E-state index contributed by atoms with van der Waals surface area (Å²) in [4.78, 5) is 46.8. The molecule has 0 aliphatic carbocycles. The van der Waals surface area contributed by atoms with Crippen LogP contribution in [0.2, 0.25) is 5.02 Å². The summed E-state index contributed by atoms with van der Waals surface area (Å²) in [5.41, 5.74) is 1.07. The van der Waals surface area contributed by atoms with Crippen LogP contribution in [0.25, 0.3) is 0 Å². The van der Waals surface area contributed by atoms with Crippen molar-refractivity contribution < 1.29 is 14.4 Å². The predicted molar refractivity (Wildman–Crippen MR) is 117 cm³/mol. The maximum absolute atomic E-state index is 14.0. The van der Waals surface area contributed by atoms with Gasteiger partial charge in [0.2, 0.25) is 11.8 Å². The second-order valence-electron chi connectivity index (χ2n) is 8.73. The zero-order valence-electron chi connectivity index (χ0n) is 17.1. The van der Waals surface area contributed by atoms with E-state index in [1.54, 1.807) is 29.2 Å². The molecule has 2 aromatic carbocycles. The van der Waals surface area contributed by atoms with E-state index in [2.05, 4.69) is 4.90 Å². The van der Waals surface area contributed by atoms with Crippen molar-refractivity contribution in [3.8, 4) is 0 Å². The first kappa shape index (κ1) is 19.0. The quantitative estimate of drug-likeness (QED) is 0.680. The van der Waals surface area contributed by atoms with Crippen LogP contribution in [-0.2, 0) is 19.9 Å². The first-order chi connectivity index (χ1) is 15.0. The van der Waals surface area contributed by atoms with Gasteiger partial charge in [-0.2, -0.15) is 0 Å². The fraction of sp³-hybridized carbons (Fsp3) is 0.375.